The molecule has 0 spiro atoms. The molecule has 1 N–H and O–H groups in total. The number of hydrogen-bond acceptors (Lipinski definition) is 3. The van der Waals surface area contributed by atoms with Gasteiger partial charge < -0.3 is 5.32 Å². The molecule has 0 fully saturated rings. The molecule has 0 atom stereocenters. The van der Waals surface area contributed by atoms with Gasteiger partial charge >= 0.3 is 0 Å². The number of aromatic nitrogens is 1. The Hall–Kier alpha value is -1.40. The normalized spacial score (nSPS) is 10.9. The Morgan fingerprint density at radius 1 is 1.11 bits per heavy atom. The lowest BCUT2D eigenvalue weighted by Crippen LogP contribution is -2.14. The van der Waals surface area contributed by atoms with E-state index in [2.05, 4.69) is 10.3 Å². The van der Waals surface area contributed by atoms with E-state index in [-0.39, 0.29) is 12.1 Å². The van der Waals surface area contributed by atoms with E-state index >= 15 is 0 Å². The molecule has 0 amide bonds. The third-order valence-corrected chi connectivity index (χ3v) is 3.20. The van der Waals surface area contributed by atoms with Crippen molar-refractivity contribution in [2.75, 3.05) is 0 Å². The number of halogens is 3. The molecule has 0 bridgehead atoms. The molecule has 0 radical (unpaired) electrons. The van der Waals surface area contributed by atoms with Crippen molar-refractivity contribution in [3.63, 3.8) is 0 Å². The van der Waals surface area contributed by atoms with Crippen LogP contribution in [0.5, 0.6) is 0 Å². The van der Waals surface area contributed by atoms with Gasteiger partial charge in [0.15, 0.2) is 11.6 Å². The average Bonchev–Trinajstić information content (AvgIpc) is 2.71. The number of benzene rings is 1. The molecule has 0 aliphatic heterocycles. The van der Waals surface area contributed by atoms with Crippen LogP contribution in [0.2, 0.25) is 0 Å². The third kappa shape index (κ3) is 3.08. The molecular weight excluding hydrogens is 261 g/mol. The Bertz CT molecular complexity index is 554. The first-order valence-electron chi connectivity index (χ1n) is 5.31. The maximum atomic E-state index is 13.3. The van der Waals surface area contributed by atoms with E-state index in [9.17, 15) is 13.2 Å². The van der Waals surface area contributed by atoms with Crippen molar-refractivity contribution >= 4 is 11.3 Å². The summed E-state index contributed by atoms with van der Waals surface area (Å²) in [5.74, 6) is -2.97. The summed E-state index contributed by atoms with van der Waals surface area (Å²) in [4.78, 5) is 4.22. The highest BCUT2D eigenvalue weighted by atomic mass is 32.1. The molecule has 2 nitrogen and oxygen atoms in total. The number of thiazole rings is 1. The first kappa shape index (κ1) is 13.0. The monoisotopic (exact) mass is 272 g/mol. The molecule has 1 heterocycles. The third-order valence-electron chi connectivity index (χ3n) is 2.38. The van der Waals surface area contributed by atoms with Crippen molar-refractivity contribution in [3.05, 3.63) is 51.2 Å². The summed E-state index contributed by atoms with van der Waals surface area (Å²) < 4.78 is 38.9. The second-order valence-corrected chi connectivity index (χ2v) is 4.88. The largest absolute Gasteiger partial charge is 0.307 e. The molecule has 1 aromatic heterocycles. The van der Waals surface area contributed by atoms with Crippen LogP contribution >= 0.6 is 11.3 Å². The number of aryl methyl sites for hydroxylation is 1. The summed E-state index contributed by atoms with van der Waals surface area (Å²) in [6, 6.07) is 1.42. The summed E-state index contributed by atoms with van der Waals surface area (Å²) in [7, 11) is 0. The molecule has 0 saturated carbocycles. The van der Waals surface area contributed by atoms with Crippen molar-refractivity contribution in [1.82, 2.24) is 10.3 Å². The zero-order chi connectivity index (χ0) is 13.1. The van der Waals surface area contributed by atoms with Gasteiger partial charge in [-0.3, -0.25) is 0 Å². The fourth-order valence-electron chi connectivity index (χ4n) is 1.51. The standard InChI is InChI=1S/C12H11F3N2S/c1-7-17-9(6-18-7)5-16-4-8-2-11(14)12(15)3-10(8)13/h2-3,6,16H,4-5H2,1H3. The fraction of sp³-hybridized carbons (Fsp3) is 0.250. The van der Waals surface area contributed by atoms with Crippen LogP contribution in [-0.2, 0) is 13.1 Å². The van der Waals surface area contributed by atoms with E-state index in [0.29, 0.717) is 12.6 Å². The molecule has 1 aromatic carbocycles. The number of hydrogen-bond donors (Lipinski definition) is 1. The maximum absolute atomic E-state index is 13.3. The van der Waals surface area contributed by atoms with Crippen molar-refractivity contribution in [2.24, 2.45) is 0 Å². The van der Waals surface area contributed by atoms with Gasteiger partial charge in [-0.25, -0.2) is 18.2 Å². The Balaban J connectivity index is 1.96. The molecule has 2 rings (SSSR count). The van der Waals surface area contributed by atoms with E-state index in [1.54, 1.807) is 0 Å². The highest BCUT2D eigenvalue weighted by molar-refractivity contribution is 7.09. The zero-order valence-corrected chi connectivity index (χ0v) is 10.5. The van der Waals surface area contributed by atoms with E-state index in [4.69, 9.17) is 0 Å². The first-order valence-corrected chi connectivity index (χ1v) is 6.19. The van der Waals surface area contributed by atoms with Crippen LogP contribution in [0.1, 0.15) is 16.3 Å². The second kappa shape index (κ2) is 5.49. The molecule has 0 aliphatic rings. The van der Waals surface area contributed by atoms with Crippen LogP contribution in [0.3, 0.4) is 0 Å². The molecule has 0 saturated heterocycles. The van der Waals surface area contributed by atoms with E-state index in [0.717, 1.165) is 16.8 Å². The number of nitrogens with one attached hydrogen (secondary N) is 1. The van der Waals surface area contributed by atoms with Gasteiger partial charge in [-0.2, -0.15) is 0 Å². The van der Waals surface area contributed by atoms with Crippen molar-refractivity contribution in [2.45, 2.75) is 20.0 Å². The highest BCUT2D eigenvalue weighted by Crippen LogP contribution is 2.14. The van der Waals surface area contributed by atoms with Crippen molar-refractivity contribution < 1.29 is 13.2 Å². The Labute approximate surface area is 106 Å². The van der Waals surface area contributed by atoms with Crippen LogP contribution in [0.4, 0.5) is 13.2 Å². The Morgan fingerprint density at radius 2 is 1.83 bits per heavy atom. The minimum absolute atomic E-state index is 0.0980. The molecule has 0 aliphatic carbocycles. The lowest BCUT2D eigenvalue weighted by Gasteiger charge is -2.05. The number of nitrogens with zero attached hydrogens (tertiary/aromatic N) is 1. The Kier molecular flexibility index (Phi) is 3.98. The first-order chi connectivity index (χ1) is 8.56. The van der Waals surface area contributed by atoms with Gasteiger partial charge in [-0.1, -0.05) is 0 Å². The van der Waals surface area contributed by atoms with Gasteiger partial charge in [0.25, 0.3) is 0 Å². The quantitative estimate of drug-likeness (QED) is 0.865. The molecule has 0 unspecified atom stereocenters. The summed E-state index contributed by atoms with van der Waals surface area (Å²) in [6.07, 6.45) is 0. The summed E-state index contributed by atoms with van der Waals surface area (Å²) in [5, 5.41) is 5.78. The molecule has 6 heteroatoms. The van der Waals surface area contributed by atoms with Crippen LogP contribution < -0.4 is 5.32 Å². The van der Waals surface area contributed by atoms with Gasteiger partial charge in [-0.05, 0) is 13.0 Å². The van der Waals surface area contributed by atoms with Crippen LogP contribution in [0.15, 0.2) is 17.5 Å². The van der Waals surface area contributed by atoms with Gasteiger partial charge in [0.05, 0.1) is 10.7 Å². The maximum Gasteiger partial charge on any atom is 0.161 e. The molecule has 18 heavy (non-hydrogen) atoms. The topological polar surface area (TPSA) is 24.9 Å². The van der Waals surface area contributed by atoms with E-state index in [1.165, 1.54) is 11.3 Å². The minimum atomic E-state index is -1.17. The predicted molar refractivity (Wildman–Crippen MR) is 63.7 cm³/mol. The van der Waals surface area contributed by atoms with Gasteiger partial charge in [0, 0.05) is 30.1 Å². The Morgan fingerprint density at radius 3 is 2.50 bits per heavy atom. The second-order valence-electron chi connectivity index (χ2n) is 3.82. The van der Waals surface area contributed by atoms with E-state index in [1.807, 2.05) is 12.3 Å². The van der Waals surface area contributed by atoms with Crippen LogP contribution in [0.25, 0.3) is 0 Å². The van der Waals surface area contributed by atoms with E-state index < -0.39 is 17.5 Å². The van der Waals surface area contributed by atoms with Crippen LogP contribution in [0, 0.1) is 24.4 Å². The lowest BCUT2D eigenvalue weighted by molar-refractivity contribution is 0.486. The van der Waals surface area contributed by atoms with Crippen molar-refractivity contribution in [3.8, 4) is 0 Å². The predicted octanol–water partition coefficient (Wildman–Crippen LogP) is 3.16. The summed E-state index contributed by atoms with van der Waals surface area (Å²) >= 11 is 1.52. The number of rotatable bonds is 4. The van der Waals surface area contributed by atoms with Gasteiger partial charge in [-0.15, -0.1) is 11.3 Å². The average molecular weight is 272 g/mol. The molecular formula is C12H11F3N2S. The molecule has 2 aromatic rings. The fourth-order valence-corrected chi connectivity index (χ4v) is 2.13. The lowest BCUT2D eigenvalue weighted by atomic mass is 10.2. The van der Waals surface area contributed by atoms with Crippen molar-refractivity contribution in [1.29, 1.82) is 0 Å². The zero-order valence-electron chi connectivity index (χ0n) is 9.64. The van der Waals surface area contributed by atoms with Gasteiger partial charge in [0.2, 0.25) is 0 Å². The molecule has 96 valence electrons. The van der Waals surface area contributed by atoms with Gasteiger partial charge in [0.1, 0.15) is 5.82 Å². The summed E-state index contributed by atoms with van der Waals surface area (Å²) in [6.45, 7) is 2.48. The summed E-state index contributed by atoms with van der Waals surface area (Å²) in [5.41, 5.74) is 0.946. The smallest absolute Gasteiger partial charge is 0.161 e. The highest BCUT2D eigenvalue weighted by Gasteiger charge is 2.09. The minimum Gasteiger partial charge on any atom is -0.307 e. The van der Waals surface area contributed by atoms with Crippen LogP contribution in [-0.4, -0.2) is 4.98 Å². The SMILES string of the molecule is Cc1nc(CNCc2cc(F)c(F)cc2F)cs1.